The van der Waals surface area contributed by atoms with Crippen LogP contribution >= 0.6 is 0 Å². The number of nitrogens with one attached hydrogen (secondary N) is 3. The summed E-state index contributed by atoms with van der Waals surface area (Å²) in [4.78, 5) is 26.9. The maximum atomic E-state index is 12.6. The molecule has 2 unspecified atom stereocenters. The van der Waals surface area contributed by atoms with Gasteiger partial charge < -0.3 is 15.5 Å². The standard InChI is InChI=1S/C17H23N5O2/c1-11(17(24)22-9-5-6-12(10-22)18-2)19-16(23)15-13-7-3-4-8-14(13)20-21-15/h3-4,7-8,11-12,18H,5-6,9-10H2,1-2H3,(H,19,23)(H,20,21). The number of hydrogen-bond acceptors (Lipinski definition) is 4. The summed E-state index contributed by atoms with van der Waals surface area (Å²) in [6, 6.07) is 7.17. The topological polar surface area (TPSA) is 90.1 Å². The molecule has 1 fully saturated rings. The molecule has 7 nitrogen and oxygen atoms in total. The second kappa shape index (κ2) is 7.00. The van der Waals surface area contributed by atoms with Crippen LogP contribution in [0.15, 0.2) is 24.3 Å². The number of piperidine rings is 1. The number of para-hydroxylation sites is 1. The molecule has 0 aliphatic carbocycles. The molecule has 1 aromatic heterocycles. The minimum atomic E-state index is -0.580. The Morgan fingerprint density at radius 1 is 1.38 bits per heavy atom. The van der Waals surface area contributed by atoms with Gasteiger partial charge in [0.25, 0.3) is 5.91 Å². The van der Waals surface area contributed by atoms with Gasteiger partial charge in [0.05, 0.1) is 5.52 Å². The van der Waals surface area contributed by atoms with Crippen LogP contribution in [-0.2, 0) is 4.79 Å². The van der Waals surface area contributed by atoms with Crippen LogP contribution in [-0.4, -0.2) is 59.1 Å². The number of aromatic nitrogens is 2. The Morgan fingerprint density at radius 3 is 2.96 bits per heavy atom. The molecule has 128 valence electrons. The molecule has 1 aliphatic rings. The summed E-state index contributed by atoms with van der Waals surface area (Å²) in [6.07, 6.45) is 2.04. The summed E-state index contributed by atoms with van der Waals surface area (Å²) in [6.45, 7) is 3.14. The van der Waals surface area contributed by atoms with Gasteiger partial charge in [-0.15, -0.1) is 0 Å². The molecular formula is C17H23N5O2. The number of nitrogens with zero attached hydrogens (tertiary/aromatic N) is 2. The van der Waals surface area contributed by atoms with Crippen LogP contribution in [0, 0.1) is 0 Å². The molecule has 0 spiro atoms. The van der Waals surface area contributed by atoms with E-state index >= 15 is 0 Å². The van der Waals surface area contributed by atoms with Gasteiger partial charge in [-0.1, -0.05) is 18.2 Å². The average molecular weight is 329 g/mol. The largest absolute Gasteiger partial charge is 0.339 e. The van der Waals surface area contributed by atoms with Crippen molar-refractivity contribution in [2.45, 2.75) is 31.8 Å². The van der Waals surface area contributed by atoms with E-state index in [4.69, 9.17) is 0 Å². The van der Waals surface area contributed by atoms with Crippen molar-refractivity contribution >= 4 is 22.7 Å². The Bertz CT molecular complexity index is 741. The summed E-state index contributed by atoms with van der Waals surface area (Å²) >= 11 is 0. The van der Waals surface area contributed by atoms with E-state index in [1.165, 1.54) is 0 Å². The number of aromatic amines is 1. The number of benzene rings is 1. The monoisotopic (exact) mass is 329 g/mol. The first kappa shape index (κ1) is 16.4. The Morgan fingerprint density at radius 2 is 2.17 bits per heavy atom. The van der Waals surface area contributed by atoms with Crippen molar-refractivity contribution in [3.05, 3.63) is 30.0 Å². The third-order valence-electron chi connectivity index (χ3n) is 4.54. The lowest BCUT2D eigenvalue weighted by molar-refractivity contribution is -0.134. The van der Waals surface area contributed by atoms with E-state index in [0.29, 0.717) is 18.3 Å². The molecule has 0 radical (unpaired) electrons. The third-order valence-corrected chi connectivity index (χ3v) is 4.54. The van der Waals surface area contributed by atoms with Gasteiger partial charge in [0, 0.05) is 24.5 Å². The van der Waals surface area contributed by atoms with E-state index in [1.54, 1.807) is 6.92 Å². The van der Waals surface area contributed by atoms with E-state index in [-0.39, 0.29) is 11.8 Å². The number of carbonyl (C=O) groups is 2. The molecule has 7 heteroatoms. The molecule has 2 atom stereocenters. The van der Waals surface area contributed by atoms with Crippen LogP contribution in [0.3, 0.4) is 0 Å². The van der Waals surface area contributed by atoms with Gasteiger partial charge in [0.2, 0.25) is 5.91 Å². The zero-order valence-corrected chi connectivity index (χ0v) is 14.0. The molecule has 2 amide bonds. The number of rotatable bonds is 4. The van der Waals surface area contributed by atoms with Crippen molar-refractivity contribution in [2.75, 3.05) is 20.1 Å². The van der Waals surface area contributed by atoms with Gasteiger partial charge in [0.1, 0.15) is 6.04 Å². The van der Waals surface area contributed by atoms with E-state index in [0.717, 1.165) is 30.3 Å². The van der Waals surface area contributed by atoms with Crippen LogP contribution in [0.2, 0.25) is 0 Å². The summed E-state index contributed by atoms with van der Waals surface area (Å²) in [7, 11) is 1.91. The highest BCUT2D eigenvalue weighted by atomic mass is 16.2. The van der Waals surface area contributed by atoms with Crippen molar-refractivity contribution in [1.29, 1.82) is 0 Å². The van der Waals surface area contributed by atoms with E-state index in [2.05, 4.69) is 20.8 Å². The van der Waals surface area contributed by atoms with Gasteiger partial charge in [-0.2, -0.15) is 5.10 Å². The minimum absolute atomic E-state index is 0.0526. The first-order valence-electron chi connectivity index (χ1n) is 8.30. The molecule has 1 aromatic carbocycles. The molecule has 3 N–H and O–H groups in total. The van der Waals surface area contributed by atoms with Crippen molar-refractivity contribution in [2.24, 2.45) is 0 Å². The Kier molecular flexibility index (Phi) is 4.80. The number of amides is 2. The van der Waals surface area contributed by atoms with Crippen molar-refractivity contribution in [3.8, 4) is 0 Å². The predicted molar refractivity (Wildman–Crippen MR) is 91.7 cm³/mol. The number of H-pyrrole nitrogens is 1. The molecule has 3 rings (SSSR count). The predicted octanol–water partition coefficient (Wildman–Crippen LogP) is 0.892. The van der Waals surface area contributed by atoms with Crippen LogP contribution in [0.5, 0.6) is 0 Å². The van der Waals surface area contributed by atoms with E-state index in [9.17, 15) is 9.59 Å². The molecule has 0 bridgehead atoms. The quantitative estimate of drug-likeness (QED) is 0.777. The van der Waals surface area contributed by atoms with Gasteiger partial charge in [-0.05, 0) is 32.9 Å². The maximum absolute atomic E-state index is 12.6. The first-order chi connectivity index (χ1) is 11.6. The number of fused-ring (bicyclic) bond motifs is 1. The summed E-state index contributed by atoms with van der Waals surface area (Å²) in [5.41, 5.74) is 1.12. The maximum Gasteiger partial charge on any atom is 0.273 e. The SMILES string of the molecule is CNC1CCCN(C(=O)C(C)NC(=O)c2n[nH]c3ccccc23)C1. The molecule has 0 saturated carbocycles. The highest BCUT2D eigenvalue weighted by molar-refractivity contribution is 6.05. The molecule has 1 aliphatic heterocycles. The smallest absolute Gasteiger partial charge is 0.273 e. The molecule has 1 saturated heterocycles. The van der Waals surface area contributed by atoms with Crippen LogP contribution < -0.4 is 10.6 Å². The first-order valence-corrected chi connectivity index (χ1v) is 8.30. The number of carbonyl (C=O) groups excluding carboxylic acids is 2. The van der Waals surface area contributed by atoms with Crippen LogP contribution in [0.4, 0.5) is 0 Å². The van der Waals surface area contributed by atoms with Gasteiger partial charge >= 0.3 is 0 Å². The fourth-order valence-corrected chi connectivity index (χ4v) is 3.15. The van der Waals surface area contributed by atoms with Crippen molar-refractivity contribution < 1.29 is 9.59 Å². The highest BCUT2D eigenvalue weighted by Crippen LogP contribution is 2.15. The molecule has 2 aromatic rings. The number of likely N-dealkylation sites (tertiary alicyclic amines) is 1. The zero-order chi connectivity index (χ0) is 17.1. The van der Waals surface area contributed by atoms with Crippen LogP contribution in [0.25, 0.3) is 10.9 Å². The molecule has 2 heterocycles. The number of hydrogen-bond donors (Lipinski definition) is 3. The lowest BCUT2D eigenvalue weighted by atomic mass is 10.1. The van der Waals surface area contributed by atoms with Crippen LogP contribution in [0.1, 0.15) is 30.3 Å². The minimum Gasteiger partial charge on any atom is -0.339 e. The summed E-state index contributed by atoms with van der Waals surface area (Å²) < 4.78 is 0. The lowest BCUT2D eigenvalue weighted by Crippen LogP contribution is -2.53. The van der Waals surface area contributed by atoms with E-state index in [1.807, 2.05) is 36.2 Å². The fraction of sp³-hybridized carbons (Fsp3) is 0.471. The average Bonchev–Trinajstić information content (AvgIpc) is 3.05. The normalized spacial score (nSPS) is 19.2. The molecule has 24 heavy (non-hydrogen) atoms. The highest BCUT2D eigenvalue weighted by Gasteiger charge is 2.27. The van der Waals surface area contributed by atoms with Crippen molar-refractivity contribution in [3.63, 3.8) is 0 Å². The molecular weight excluding hydrogens is 306 g/mol. The second-order valence-corrected chi connectivity index (χ2v) is 6.23. The third kappa shape index (κ3) is 3.26. The Balaban J connectivity index is 1.66. The van der Waals surface area contributed by atoms with Crippen molar-refractivity contribution in [1.82, 2.24) is 25.7 Å². The fourth-order valence-electron chi connectivity index (χ4n) is 3.15. The van der Waals surface area contributed by atoms with Gasteiger partial charge in [-0.3, -0.25) is 14.7 Å². The second-order valence-electron chi connectivity index (χ2n) is 6.23. The van der Waals surface area contributed by atoms with Gasteiger partial charge in [-0.25, -0.2) is 0 Å². The number of likely N-dealkylation sites (N-methyl/N-ethyl adjacent to an activating group) is 1. The summed E-state index contributed by atoms with van der Waals surface area (Å²) in [5.74, 6) is -0.390. The Labute approximate surface area is 140 Å². The lowest BCUT2D eigenvalue weighted by Gasteiger charge is -2.34. The Hall–Kier alpha value is -2.41. The van der Waals surface area contributed by atoms with E-state index < -0.39 is 6.04 Å². The van der Waals surface area contributed by atoms with Gasteiger partial charge in [0.15, 0.2) is 5.69 Å². The zero-order valence-electron chi connectivity index (χ0n) is 14.0. The summed E-state index contributed by atoms with van der Waals surface area (Å²) in [5, 5.41) is 13.6.